The highest BCUT2D eigenvalue weighted by Crippen LogP contribution is 2.38. The fourth-order valence-electron chi connectivity index (χ4n) is 3.79. The number of benzene rings is 2. The highest BCUT2D eigenvalue weighted by molar-refractivity contribution is 6.23. The van der Waals surface area contributed by atoms with Gasteiger partial charge in [0.2, 0.25) is 17.6 Å². The molecule has 0 aromatic heterocycles. The van der Waals surface area contributed by atoms with Gasteiger partial charge in [0.15, 0.2) is 11.5 Å². The van der Waals surface area contributed by atoms with Crippen LogP contribution in [0.1, 0.15) is 29.3 Å². The van der Waals surface area contributed by atoms with Crippen molar-refractivity contribution in [3.05, 3.63) is 41.5 Å². The van der Waals surface area contributed by atoms with Gasteiger partial charge in [0.05, 0.1) is 40.5 Å². The normalized spacial score (nSPS) is 15.0. The standard InChI is InChI=1S/C24H27N3O8/c1-13-7-8-16(32-3)11-17(13)26-21(29)12-18(24(26)31)27(14(2)28)25-23(30)15-9-19(33-4)22(35-6)20(10-15)34-5/h7-11,18H,12H2,1-6H3,(H,25,30). The van der Waals surface area contributed by atoms with Crippen molar-refractivity contribution in [3.8, 4) is 23.0 Å². The van der Waals surface area contributed by atoms with Crippen LogP contribution in [-0.4, -0.2) is 63.1 Å². The average Bonchev–Trinajstić information content (AvgIpc) is 3.14. The Bertz CT molecular complexity index is 1150. The molecule has 1 unspecified atom stereocenters. The number of carbonyl (C=O) groups excluding carboxylic acids is 4. The number of carbonyl (C=O) groups is 4. The summed E-state index contributed by atoms with van der Waals surface area (Å²) in [6.07, 6.45) is -0.301. The molecule has 1 saturated heterocycles. The molecule has 1 aliphatic heterocycles. The first-order valence-electron chi connectivity index (χ1n) is 10.6. The Morgan fingerprint density at radius 2 is 1.60 bits per heavy atom. The van der Waals surface area contributed by atoms with Crippen molar-refractivity contribution in [2.45, 2.75) is 26.3 Å². The van der Waals surface area contributed by atoms with Crippen LogP contribution >= 0.6 is 0 Å². The van der Waals surface area contributed by atoms with Crippen LogP contribution in [0.15, 0.2) is 30.3 Å². The number of ether oxygens (including phenoxy) is 4. The molecule has 186 valence electrons. The number of nitrogens with one attached hydrogen (secondary N) is 1. The van der Waals surface area contributed by atoms with Crippen LogP contribution in [-0.2, 0) is 14.4 Å². The molecule has 4 amide bonds. The lowest BCUT2D eigenvalue weighted by Gasteiger charge is -2.27. The smallest absolute Gasteiger partial charge is 0.270 e. The zero-order valence-electron chi connectivity index (χ0n) is 20.3. The van der Waals surface area contributed by atoms with E-state index in [4.69, 9.17) is 18.9 Å². The summed E-state index contributed by atoms with van der Waals surface area (Å²) in [6, 6.07) is 6.58. The summed E-state index contributed by atoms with van der Waals surface area (Å²) in [5, 5.41) is 0.862. The van der Waals surface area contributed by atoms with Crippen LogP contribution in [0.5, 0.6) is 23.0 Å². The molecule has 0 radical (unpaired) electrons. The molecule has 1 aliphatic rings. The molecular weight excluding hydrogens is 458 g/mol. The first kappa shape index (κ1) is 25.3. The van der Waals surface area contributed by atoms with E-state index < -0.39 is 29.7 Å². The maximum absolute atomic E-state index is 13.3. The van der Waals surface area contributed by atoms with E-state index in [0.29, 0.717) is 17.0 Å². The number of methoxy groups -OCH3 is 4. The van der Waals surface area contributed by atoms with E-state index in [1.165, 1.54) is 47.5 Å². The molecular formula is C24H27N3O8. The van der Waals surface area contributed by atoms with Gasteiger partial charge in [-0.1, -0.05) is 6.07 Å². The monoisotopic (exact) mass is 485 g/mol. The molecule has 1 fully saturated rings. The first-order valence-corrected chi connectivity index (χ1v) is 10.6. The summed E-state index contributed by atoms with van der Waals surface area (Å²) in [5.41, 5.74) is 3.55. The predicted octanol–water partition coefficient (Wildman–Crippen LogP) is 1.85. The molecule has 0 spiro atoms. The van der Waals surface area contributed by atoms with E-state index in [1.807, 2.05) is 0 Å². The molecule has 1 atom stereocenters. The van der Waals surface area contributed by atoms with Crippen LogP contribution in [0.4, 0.5) is 5.69 Å². The second-order valence-electron chi connectivity index (χ2n) is 7.68. The van der Waals surface area contributed by atoms with Crippen molar-refractivity contribution in [1.82, 2.24) is 10.4 Å². The first-order chi connectivity index (χ1) is 16.7. The second-order valence-corrected chi connectivity index (χ2v) is 7.68. The van der Waals surface area contributed by atoms with Gasteiger partial charge in [-0.25, -0.2) is 9.91 Å². The molecule has 0 bridgehead atoms. The summed E-state index contributed by atoms with van der Waals surface area (Å²) in [5.74, 6) is -1.27. The van der Waals surface area contributed by atoms with Crippen molar-refractivity contribution < 1.29 is 38.1 Å². The highest BCUT2D eigenvalue weighted by atomic mass is 16.5. The topological polar surface area (TPSA) is 124 Å². The molecule has 1 heterocycles. The van der Waals surface area contributed by atoms with Crippen LogP contribution in [0.2, 0.25) is 0 Å². The number of nitrogens with zero attached hydrogens (tertiary/aromatic N) is 2. The number of hydrogen-bond acceptors (Lipinski definition) is 8. The predicted molar refractivity (Wildman–Crippen MR) is 125 cm³/mol. The van der Waals surface area contributed by atoms with E-state index in [1.54, 1.807) is 25.1 Å². The van der Waals surface area contributed by atoms with E-state index >= 15 is 0 Å². The van der Waals surface area contributed by atoms with Gasteiger partial charge in [-0.15, -0.1) is 0 Å². The third-order valence-corrected chi connectivity index (χ3v) is 5.58. The number of anilines is 1. The van der Waals surface area contributed by atoms with Gasteiger partial charge in [0, 0.05) is 18.6 Å². The maximum Gasteiger partial charge on any atom is 0.270 e. The van der Waals surface area contributed by atoms with Gasteiger partial charge in [-0.2, -0.15) is 0 Å². The Morgan fingerprint density at radius 1 is 0.971 bits per heavy atom. The molecule has 35 heavy (non-hydrogen) atoms. The van der Waals surface area contributed by atoms with E-state index in [2.05, 4.69) is 5.43 Å². The van der Waals surface area contributed by atoms with Crippen molar-refractivity contribution in [2.24, 2.45) is 0 Å². The zero-order chi connectivity index (χ0) is 25.9. The summed E-state index contributed by atoms with van der Waals surface area (Å²) in [6.45, 7) is 2.93. The lowest BCUT2D eigenvalue weighted by molar-refractivity contribution is -0.139. The van der Waals surface area contributed by atoms with Gasteiger partial charge >= 0.3 is 0 Å². The van der Waals surface area contributed by atoms with Crippen molar-refractivity contribution in [3.63, 3.8) is 0 Å². The SMILES string of the molecule is COc1ccc(C)c(N2C(=O)CC(N(NC(=O)c3cc(OC)c(OC)c(OC)c3)C(C)=O)C2=O)c1. The van der Waals surface area contributed by atoms with E-state index in [9.17, 15) is 19.2 Å². The van der Waals surface area contributed by atoms with E-state index in [0.717, 1.165) is 9.91 Å². The highest BCUT2D eigenvalue weighted by Gasteiger charge is 2.45. The molecule has 0 aliphatic carbocycles. The Morgan fingerprint density at radius 3 is 2.11 bits per heavy atom. The molecule has 3 rings (SSSR count). The van der Waals surface area contributed by atoms with Crippen LogP contribution in [0, 0.1) is 6.92 Å². The molecule has 0 saturated carbocycles. The third kappa shape index (κ3) is 4.84. The molecule has 11 heteroatoms. The maximum atomic E-state index is 13.3. The fraction of sp³-hybridized carbons (Fsp3) is 0.333. The number of hydrogen-bond donors (Lipinski definition) is 1. The summed E-state index contributed by atoms with van der Waals surface area (Å²) < 4.78 is 21.0. The van der Waals surface area contributed by atoms with E-state index in [-0.39, 0.29) is 29.2 Å². The summed E-state index contributed by atoms with van der Waals surface area (Å²) in [7, 11) is 5.70. The molecule has 2 aromatic rings. The Balaban J connectivity index is 1.91. The molecule has 2 aromatic carbocycles. The average molecular weight is 485 g/mol. The fourth-order valence-corrected chi connectivity index (χ4v) is 3.79. The zero-order valence-corrected chi connectivity index (χ0v) is 20.3. The van der Waals surface area contributed by atoms with Gasteiger partial charge < -0.3 is 18.9 Å². The molecule has 1 N–H and O–H groups in total. The Kier molecular flexibility index (Phi) is 7.48. The van der Waals surface area contributed by atoms with Crippen molar-refractivity contribution in [1.29, 1.82) is 0 Å². The van der Waals surface area contributed by atoms with Gasteiger partial charge in [-0.3, -0.25) is 24.6 Å². The minimum Gasteiger partial charge on any atom is -0.497 e. The Hall–Kier alpha value is -4.28. The van der Waals surface area contributed by atoms with Crippen LogP contribution in [0.3, 0.4) is 0 Å². The van der Waals surface area contributed by atoms with Gasteiger partial charge in [0.1, 0.15) is 11.8 Å². The number of rotatable bonds is 7. The number of hydrazine groups is 1. The van der Waals surface area contributed by atoms with Crippen molar-refractivity contribution in [2.75, 3.05) is 33.3 Å². The van der Waals surface area contributed by atoms with Crippen LogP contribution < -0.4 is 29.3 Å². The lowest BCUT2D eigenvalue weighted by atomic mass is 10.1. The summed E-state index contributed by atoms with van der Waals surface area (Å²) >= 11 is 0. The Labute approximate surface area is 202 Å². The molecule has 11 nitrogen and oxygen atoms in total. The third-order valence-electron chi connectivity index (χ3n) is 5.58. The number of amides is 4. The summed E-state index contributed by atoms with van der Waals surface area (Å²) in [4.78, 5) is 52.6. The van der Waals surface area contributed by atoms with Crippen LogP contribution in [0.25, 0.3) is 0 Å². The van der Waals surface area contributed by atoms with Gasteiger partial charge in [0.25, 0.3) is 11.8 Å². The largest absolute Gasteiger partial charge is 0.497 e. The van der Waals surface area contributed by atoms with Crippen molar-refractivity contribution >= 4 is 29.3 Å². The number of aryl methyl sites for hydroxylation is 1. The minimum atomic E-state index is -1.23. The van der Waals surface area contributed by atoms with Gasteiger partial charge in [-0.05, 0) is 30.7 Å². The second kappa shape index (κ2) is 10.3. The lowest BCUT2D eigenvalue weighted by Crippen LogP contribution is -2.54. The number of imide groups is 1. The minimum absolute atomic E-state index is 0.0861. The quantitative estimate of drug-likeness (QED) is 0.466.